The van der Waals surface area contributed by atoms with Gasteiger partial charge >= 0.3 is 18.4 Å². The number of carbonyl (C=O) groups excluding carboxylic acids is 1. The zero-order valence-corrected chi connectivity index (χ0v) is 24.8. The number of aryl methyl sites for hydroxylation is 1. The first-order valence-corrected chi connectivity index (χ1v) is 14.0. The van der Waals surface area contributed by atoms with Gasteiger partial charge in [-0.1, -0.05) is 6.07 Å². The van der Waals surface area contributed by atoms with Crippen LogP contribution < -0.4 is 25.8 Å². The second-order valence-corrected chi connectivity index (χ2v) is 10.2. The highest BCUT2D eigenvalue weighted by Gasteiger charge is 2.34. The van der Waals surface area contributed by atoms with E-state index in [1.807, 2.05) is 0 Å². The van der Waals surface area contributed by atoms with E-state index in [0.717, 1.165) is 18.2 Å². The second kappa shape index (κ2) is 13.1. The third-order valence-electron chi connectivity index (χ3n) is 6.92. The van der Waals surface area contributed by atoms with Crippen molar-refractivity contribution < 1.29 is 40.6 Å². The number of nitrogens with two attached hydrogens (primary N) is 1. The Labute approximate surface area is 263 Å². The Bertz CT molecular complexity index is 1920. The second-order valence-electron chi connectivity index (χ2n) is 10.2. The van der Waals surface area contributed by atoms with E-state index in [9.17, 15) is 31.1 Å². The Morgan fingerprint density at radius 1 is 0.957 bits per heavy atom. The van der Waals surface area contributed by atoms with E-state index in [2.05, 4.69) is 25.7 Å². The van der Waals surface area contributed by atoms with Crippen LogP contribution >= 0.6 is 0 Å². The number of imidazole rings is 1. The van der Waals surface area contributed by atoms with Gasteiger partial charge < -0.3 is 25.8 Å². The van der Waals surface area contributed by atoms with E-state index in [1.165, 1.54) is 30.0 Å². The first kappa shape index (κ1) is 32.8. The number of nitrogens with one attached hydrogen (secondary N) is 2. The smallest absolute Gasteiger partial charge is 0.419 e. The number of hydrogen-bond donors (Lipinski definition) is 3. The highest BCUT2D eigenvalue weighted by atomic mass is 19.4. The summed E-state index contributed by atoms with van der Waals surface area (Å²) in [7, 11) is 1.45. The molecule has 0 saturated heterocycles. The Kier molecular flexibility index (Phi) is 9.12. The monoisotopic (exact) mass is 659 g/mol. The number of alkyl halides is 6. The minimum Gasteiger partial charge on any atom is -0.493 e. The summed E-state index contributed by atoms with van der Waals surface area (Å²) in [6, 6.07) is 13.0. The van der Waals surface area contributed by atoms with Gasteiger partial charge in [0.05, 0.1) is 41.9 Å². The van der Waals surface area contributed by atoms with Crippen molar-refractivity contribution in [3.63, 3.8) is 0 Å². The molecule has 47 heavy (non-hydrogen) atoms. The van der Waals surface area contributed by atoms with E-state index >= 15 is 0 Å². The van der Waals surface area contributed by atoms with Crippen LogP contribution in [0.2, 0.25) is 0 Å². The summed E-state index contributed by atoms with van der Waals surface area (Å²) in [6.07, 6.45) is -7.61. The van der Waals surface area contributed by atoms with E-state index in [4.69, 9.17) is 15.2 Å². The number of halogens is 6. The van der Waals surface area contributed by atoms with Crippen molar-refractivity contribution >= 4 is 23.2 Å². The lowest BCUT2D eigenvalue weighted by Gasteiger charge is -2.13. The third kappa shape index (κ3) is 7.48. The number of methoxy groups -OCH3 is 1. The number of benzene rings is 2. The first-order chi connectivity index (χ1) is 22.2. The number of nitrogens with zero attached hydrogens (tertiary/aromatic N) is 4. The predicted octanol–water partition coefficient (Wildman–Crippen LogP) is 6.99. The minimum absolute atomic E-state index is 0.00397. The maximum Gasteiger partial charge on any atom is 0.419 e. The quantitative estimate of drug-likeness (QED) is 0.115. The Morgan fingerprint density at radius 3 is 2.47 bits per heavy atom. The molecule has 0 aliphatic carbocycles. The van der Waals surface area contributed by atoms with Gasteiger partial charge in [0.2, 0.25) is 0 Å². The highest BCUT2D eigenvalue weighted by molar-refractivity contribution is 5.89. The van der Waals surface area contributed by atoms with Crippen LogP contribution in [0.5, 0.6) is 11.5 Å². The van der Waals surface area contributed by atoms with Crippen LogP contribution in [0.4, 0.5) is 42.6 Å². The van der Waals surface area contributed by atoms with Gasteiger partial charge in [-0.2, -0.15) is 31.4 Å². The van der Waals surface area contributed by atoms with Crippen LogP contribution in [-0.2, 0) is 12.4 Å². The zero-order valence-electron chi connectivity index (χ0n) is 24.8. The molecular weight excluding hydrogens is 632 g/mol. The van der Waals surface area contributed by atoms with Crippen LogP contribution in [-0.4, -0.2) is 45.9 Å². The molecule has 0 aliphatic heterocycles. The molecule has 0 aliphatic rings. The molecule has 0 bridgehead atoms. The molecule has 4 N–H and O–H groups in total. The van der Waals surface area contributed by atoms with Gasteiger partial charge in [-0.3, -0.25) is 0 Å². The minimum atomic E-state index is -4.69. The number of carbonyl (C=O) groups is 1. The van der Waals surface area contributed by atoms with Gasteiger partial charge in [-0.25, -0.2) is 19.3 Å². The average Bonchev–Trinajstić information content (AvgIpc) is 3.35. The normalized spacial score (nSPS) is 11.8. The molecule has 10 nitrogen and oxygen atoms in total. The number of fused-ring (bicyclic) bond motifs is 1. The summed E-state index contributed by atoms with van der Waals surface area (Å²) in [5.41, 5.74) is 5.96. The summed E-state index contributed by atoms with van der Waals surface area (Å²) in [6.45, 7) is 2.01. The molecule has 3 heterocycles. The fourth-order valence-corrected chi connectivity index (χ4v) is 4.71. The first-order valence-electron chi connectivity index (χ1n) is 14.0. The highest BCUT2D eigenvalue weighted by Crippen LogP contribution is 2.37. The van der Waals surface area contributed by atoms with Crippen molar-refractivity contribution in [1.29, 1.82) is 0 Å². The molecule has 3 aromatic heterocycles. The molecule has 0 unspecified atom stereocenters. The van der Waals surface area contributed by atoms with Crippen LogP contribution in [0.1, 0.15) is 23.2 Å². The molecule has 5 rings (SSSR count). The lowest BCUT2D eigenvalue weighted by Crippen LogP contribution is -2.30. The van der Waals surface area contributed by atoms with Crippen molar-refractivity contribution in [1.82, 2.24) is 24.9 Å². The lowest BCUT2D eigenvalue weighted by atomic mass is 10.1. The van der Waals surface area contributed by atoms with Crippen LogP contribution in [0.15, 0.2) is 66.9 Å². The number of amides is 2. The van der Waals surface area contributed by atoms with Crippen molar-refractivity contribution in [2.45, 2.75) is 25.7 Å². The number of aromatic nitrogens is 4. The number of ether oxygens (including phenoxy) is 2. The Hall–Kier alpha value is -5.54. The number of pyridine rings is 1. The molecule has 2 aromatic carbocycles. The molecule has 0 atom stereocenters. The molecule has 246 valence electrons. The van der Waals surface area contributed by atoms with E-state index in [-0.39, 0.29) is 24.4 Å². The van der Waals surface area contributed by atoms with Crippen LogP contribution in [0, 0.1) is 6.92 Å². The summed E-state index contributed by atoms with van der Waals surface area (Å²) in [4.78, 5) is 20.3. The number of urea groups is 1. The van der Waals surface area contributed by atoms with Crippen molar-refractivity contribution in [2.24, 2.45) is 0 Å². The molecule has 0 spiro atoms. The summed E-state index contributed by atoms with van der Waals surface area (Å²) >= 11 is 0. The number of anilines is 2. The average molecular weight is 660 g/mol. The predicted molar refractivity (Wildman–Crippen MR) is 161 cm³/mol. The SMILES string of the molecule is COc1cc(-c2ccc3nc(C)c(-c4cnc(N)c(C(F)(F)F)c4)n3n2)ccc1OCCCNC(=O)Nc1cccc(C(F)(F)F)c1. The third-order valence-corrected chi connectivity index (χ3v) is 6.92. The molecule has 0 saturated carbocycles. The van der Waals surface area contributed by atoms with Crippen molar-refractivity contribution in [2.75, 3.05) is 31.3 Å². The van der Waals surface area contributed by atoms with Gasteiger partial charge in [0.15, 0.2) is 17.1 Å². The van der Waals surface area contributed by atoms with Gasteiger partial charge in [-0.15, -0.1) is 0 Å². The van der Waals surface area contributed by atoms with Crippen LogP contribution in [0.3, 0.4) is 0 Å². The largest absolute Gasteiger partial charge is 0.493 e. The summed E-state index contributed by atoms with van der Waals surface area (Å²) in [5.74, 6) is 0.142. The van der Waals surface area contributed by atoms with E-state index < -0.39 is 35.3 Å². The Balaban J connectivity index is 1.24. The zero-order chi connectivity index (χ0) is 33.9. The maximum absolute atomic E-state index is 13.5. The van der Waals surface area contributed by atoms with E-state index in [1.54, 1.807) is 37.3 Å². The van der Waals surface area contributed by atoms with Crippen molar-refractivity contribution in [3.05, 3.63) is 83.7 Å². The van der Waals surface area contributed by atoms with Crippen molar-refractivity contribution in [3.8, 4) is 34.0 Å². The fraction of sp³-hybridized carbons (Fsp3) is 0.226. The van der Waals surface area contributed by atoms with Gasteiger partial charge in [0.25, 0.3) is 0 Å². The molecular formula is C31H27F6N7O3. The molecule has 2 amide bonds. The lowest BCUT2D eigenvalue weighted by molar-refractivity contribution is -0.138. The number of hydrogen-bond acceptors (Lipinski definition) is 7. The summed E-state index contributed by atoms with van der Waals surface area (Å²) in [5, 5.41) is 9.55. The maximum atomic E-state index is 13.5. The topological polar surface area (TPSA) is 129 Å². The van der Waals surface area contributed by atoms with E-state index in [0.29, 0.717) is 46.2 Å². The van der Waals surface area contributed by atoms with Gasteiger partial charge in [0, 0.05) is 29.6 Å². The molecule has 16 heteroatoms. The Morgan fingerprint density at radius 2 is 1.74 bits per heavy atom. The van der Waals surface area contributed by atoms with Gasteiger partial charge in [-0.05, 0) is 67.9 Å². The molecule has 0 radical (unpaired) electrons. The fourth-order valence-electron chi connectivity index (χ4n) is 4.71. The molecule has 5 aromatic rings. The standard InChI is InChI=1S/C31H27F6N7O3/c1-17-27(19-13-22(31(35,36)37)28(38)40-16-19)44-26(41-17)10-8-23(43-44)18-7-9-24(25(14-18)46-2)47-12-4-11-39-29(45)42-21-6-3-5-20(15-21)30(32,33)34/h3,5-10,13-16H,4,11-12H2,1-2H3,(H2,38,40)(H2,39,42,45). The van der Waals surface area contributed by atoms with Gasteiger partial charge in [0.1, 0.15) is 5.82 Å². The van der Waals surface area contributed by atoms with Crippen LogP contribution in [0.25, 0.3) is 28.2 Å². The molecule has 0 fully saturated rings. The number of nitrogen functional groups attached to an aromatic ring is 1. The number of rotatable bonds is 9. The summed E-state index contributed by atoms with van der Waals surface area (Å²) < 4.78 is 91.9.